The van der Waals surface area contributed by atoms with Crippen molar-refractivity contribution in [1.29, 1.82) is 0 Å². The first-order chi connectivity index (χ1) is 12.0. The fourth-order valence-corrected chi connectivity index (χ4v) is 3.42. The topological polar surface area (TPSA) is 163 Å². The van der Waals surface area contributed by atoms with Crippen LogP contribution in [0.5, 0.6) is 0 Å². The maximum atomic E-state index is 12.0. The molecule has 0 saturated carbocycles. The smallest absolute Gasteiger partial charge is 0.278 e. The number of rotatable bonds is 5. The van der Waals surface area contributed by atoms with Gasteiger partial charge in [0.2, 0.25) is 5.91 Å². The van der Waals surface area contributed by atoms with Crippen molar-refractivity contribution in [3.05, 3.63) is 16.7 Å². The van der Waals surface area contributed by atoms with Crippen LogP contribution in [0, 0.1) is 0 Å². The van der Waals surface area contributed by atoms with Gasteiger partial charge in [0, 0.05) is 7.05 Å². The van der Waals surface area contributed by atoms with Gasteiger partial charge in [-0.25, -0.2) is 9.97 Å². The fraction of sp³-hybridized carbons (Fsp3) is 0.538. The van der Waals surface area contributed by atoms with Crippen molar-refractivity contribution in [1.82, 2.24) is 24.8 Å². The quantitative estimate of drug-likeness (QED) is 0.360. The monoisotopic (exact) mass is 371 g/mol. The molecule has 12 heteroatoms. The van der Waals surface area contributed by atoms with Crippen LogP contribution in [0.4, 0.5) is 0 Å². The zero-order chi connectivity index (χ0) is 18.1. The predicted octanol–water partition coefficient (Wildman–Crippen LogP) is -2.43. The second-order valence-corrected chi connectivity index (χ2v) is 6.30. The Morgan fingerprint density at radius 3 is 2.88 bits per heavy atom. The van der Waals surface area contributed by atoms with Crippen LogP contribution in [0.25, 0.3) is 11.2 Å². The van der Waals surface area contributed by atoms with Crippen LogP contribution in [0.15, 0.2) is 16.3 Å². The summed E-state index contributed by atoms with van der Waals surface area (Å²) in [4.78, 5) is 34.1. The fourth-order valence-electron chi connectivity index (χ4n) is 2.53. The van der Waals surface area contributed by atoms with Crippen molar-refractivity contribution in [2.24, 2.45) is 0 Å². The molecule has 3 rings (SSSR count). The van der Waals surface area contributed by atoms with E-state index in [-0.39, 0.29) is 28.0 Å². The Labute approximate surface area is 145 Å². The summed E-state index contributed by atoms with van der Waals surface area (Å²) >= 11 is 1.02. The van der Waals surface area contributed by atoms with E-state index < -0.39 is 36.7 Å². The number of nitrogens with zero attached hydrogens (tertiary/aromatic N) is 3. The van der Waals surface area contributed by atoms with E-state index in [1.165, 1.54) is 17.9 Å². The van der Waals surface area contributed by atoms with Gasteiger partial charge in [0.1, 0.15) is 18.3 Å². The molecule has 1 aliphatic heterocycles. The molecule has 1 saturated heterocycles. The third kappa shape index (κ3) is 3.14. The predicted molar refractivity (Wildman–Crippen MR) is 85.9 cm³/mol. The molecular formula is C13H17N5O6S. The van der Waals surface area contributed by atoms with E-state index in [1.807, 2.05) is 0 Å². The number of ether oxygens (including phenoxy) is 1. The molecule has 1 fully saturated rings. The summed E-state index contributed by atoms with van der Waals surface area (Å²) in [6.45, 7) is -0.490. The van der Waals surface area contributed by atoms with Crippen molar-refractivity contribution in [2.75, 3.05) is 19.4 Å². The lowest BCUT2D eigenvalue weighted by Crippen LogP contribution is -2.33. The Balaban J connectivity index is 2.07. The number of imidazole rings is 1. The third-order valence-electron chi connectivity index (χ3n) is 3.83. The van der Waals surface area contributed by atoms with Crippen molar-refractivity contribution < 1.29 is 24.9 Å². The molecule has 0 aromatic carbocycles. The van der Waals surface area contributed by atoms with Gasteiger partial charge in [-0.2, -0.15) is 0 Å². The van der Waals surface area contributed by atoms with E-state index >= 15 is 0 Å². The summed E-state index contributed by atoms with van der Waals surface area (Å²) in [7, 11) is 1.49. The Hall–Kier alpha value is -1.99. The molecule has 1 amide bonds. The van der Waals surface area contributed by atoms with Crippen LogP contribution in [-0.2, 0) is 9.53 Å². The molecule has 1 aliphatic rings. The zero-order valence-corrected chi connectivity index (χ0v) is 13.9. The number of amides is 1. The molecule has 2 aromatic rings. The van der Waals surface area contributed by atoms with Crippen LogP contribution >= 0.6 is 11.8 Å². The molecule has 0 radical (unpaired) electrons. The second-order valence-electron chi connectivity index (χ2n) is 5.36. The minimum atomic E-state index is -1.37. The van der Waals surface area contributed by atoms with E-state index in [0.717, 1.165) is 11.8 Å². The minimum absolute atomic E-state index is 0.0136. The SMILES string of the molecule is CNC(=O)CSc1nc2c(=O)[nH]cnc2n1C1OC(CO)C(O)C1O. The summed E-state index contributed by atoms with van der Waals surface area (Å²) in [5, 5.41) is 32.2. The number of nitrogens with one attached hydrogen (secondary N) is 2. The van der Waals surface area contributed by atoms with E-state index in [4.69, 9.17) is 4.74 Å². The number of carbonyl (C=O) groups excluding carboxylic acids is 1. The maximum Gasteiger partial charge on any atom is 0.278 e. The molecule has 0 bridgehead atoms. The Kier molecular flexibility index (Phi) is 5.06. The number of H-pyrrole nitrogens is 1. The van der Waals surface area contributed by atoms with Gasteiger partial charge in [0.25, 0.3) is 5.56 Å². The van der Waals surface area contributed by atoms with Crippen molar-refractivity contribution in [2.45, 2.75) is 29.7 Å². The Bertz CT molecular complexity index is 838. The molecule has 136 valence electrons. The van der Waals surface area contributed by atoms with Crippen molar-refractivity contribution in [3.63, 3.8) is 0 Å². The lowest BCUT2D eigenvalue weighted by molar-refractivity contribution is -0.118. The number of fused-ring (bicyclic) bond motifs is 1. The summed E-state index contributed by atoms with van der Waals surface area (Å²) in [6.07, 6.45) is -3.60. The lowest BCUT2D eigenvalue weighted by Gasteiger charge is -2.18. The van der Waals surface area contributed by atoms with Gasteiger partial charge in [-0.05, 0) is 0 Å². The van der Waals surface area contributed by atoms with E-state index in [9.17, 15) is 24.9 Å². The number of hydrogen-bond donors (Lipinski definition) is 5. The highest BCUT2D eigenvalue weighted by molar-refractivity contribution is 7.99. The van der Waals surface area contributed by atoms with Gasteiger partial charge in [0.15, 0.2) is 22.5 Å². The van der Waals surface area contributed by atoms with E-state index in [2.05, 4.69) is 20.3 Å². The van der Waals surface area contributed by atoms with Gasteiger partial charge in [-0.15, -0.1) is 0 Å². The molecule has 4 atom stereocenters. The molecule has 5 N–H and O–H groups in total. The number of aliphatic hydroxyl groups excluding tert-OH is 3. The van der Waals surface area contributed by atoms with E-state index in [1.54, 1.807) is 0 Å². The molecule has 2 aromatic heterocycles. The lowest BCUT2D eigenvalue weighted by atomic mass is 10.1. The Morgan fingerprint density at radius 2 is 2.24 bits per heavy atom. The molecular weight excluding hydrogens is 354 g/mol. The molecule has 25 heavy (non-hydrogen) atoms. The minimum Gasteiger partial charge on any atom is -0.394 e. The molecule has 4 unspecified atom stereocenters. The highest BCUT2D eigenvalue weighted by Gasteiger charge is 2.45. The maximum absolute atomic E-state index is 12.0. The summed E-state index contributed by atoms with van der Waals surface area (Å²) in [5.41, 5.74) is -0.338. The zero-order valence-electron chi connectivity index (χ0n) is 13.1. The van der Waals surface area contributed by atoms with Gasteiger partial charge < -0.3 is 30.4 Å². The van der Waals surface area contributed by atoms with Gasteiger partial charge in [0.05, 0.1) is 18.7 Å². The van der Waals surface area contributed by atoms with E-state index in [0.29, 0.717) is 0 Å². The van der Waals surface area contributed by atoms with Gasteiger partial charge >= 0.3 is 0 Å². The third-order valence-corrected chi connectivity index (χ3v) is 4.79. The number of aromatic nitrogens is 4. The van der Waals surface area contributed by atoms with Gasteiger partial charge in [-0.3, -0.25) is 14.2 Å². The highest BCUT2D eigenvalue weighted by atomic mass is 32.2. The van der Waals surface area contributed by atoms with Crippen molar-refractivity contribution >= 4 is 28.8 Å². The Morgan fingerprint density at radius 1 is 1.48 bits per heavy atom. The molecule has 0 aliphatic carbocycles. The molecule has 11 nitrogen and oxygen atoms in total. The first-order valence-corrected chi connectivity index (χ1v) is 8.38. The van der Waals surface area contributed by atoms with Crippen LogP contribution in [0.1, 0.15) is 6.23 Å². The first-order valence-electron chi connectivity index (χ1n) is 7.39. The highest BCUT2D eigenvalue weighted by Crippen LogP contribution is 2.34. The average Bonchev–Trinajstić information content (AvgIpc) is 3.12. The summed E-state index contributed by atoms with van der Waals surface area (Å²) < 4.78 is 6.86. The number of hydrogen-bond acceptors (Lipinski definition) is 9. The summed E-state index contributed by atoms with van der Waals surface area (Å²) in [5.74, 6) is -0.237. The van der Waals surface area contributed by atoms with Crippen molar-refractivity contribution in [3.8, 4) is 0 Å². The number of carbonyl (C=O) groups is 1. The van der Waals surface area contributed by atoms with Crippen LogP contribution < -0.4 is 10.9 Å². The van der Waals surface area contributed by atoms with Crippen LogP contribution in [-0.4, -0.2) is 78.5 Å². The standard InChI is InChI=1S/C13H17N5O6S/c1-14-6(20)3-25-13-17-7-10(15-4-16-11(7)23)18(13)12-9(22)8(21)5(2-19)24-12/h4-5,8-9,12,19,21-22H,2-3H2,1H3,(H,14,20)(H,15,16,23). The normalized spacial score (nSPS) is 26.2. The average molecular weight is 371 g/mol. The van der Waals surface area contributed by atoms with Crippen LogP contribution in [0.3, 0.4) is 0 Å². The largest absolute Gasteiger partial charge is 0.394 e. The summed E-state index contributed by atoms with van der Waals surface area (Å²) in [6, 6.07) is 0. The number of aliphatic hydroxyl groups is 3. The molecule has 0 spiro atoms. The molecule has 3 heterocycles. The van der Waals surface area contributed by atoms with Gasteiger partial charge in [-0.1, -0.05) is 11.8 Å². The first kappa shape index (κ1) is 17.8. The number of thioether (sulfide) groups is 1. The van der Waals surface area contributed by atoms with Crippen LogP contribution in [0.2, 0.25) is 0 Å². The number of aromatic amines is 1. The second kappa shape index (κ2) is 7.09.